The van der Waals surface area contributed by atoms with Crippen molar-refractivity contribution >= 4 is 11.8 Å². The van der Waals surface area contributed by atoms with Crippen LogP contribution in [0.4, 0.5) is 0 Å². The van der Waals surface area contributed by atoms with Crippen LogP contribution in [0.5, 0.6) is 0 Å². The van der Waals surface area contributed by atoms with E-state index in [-0.39, 0.29) is 23.7 Å². The van der Waals surface area contributed by atoms with Gasteiger partial charge in [-0.15, -0.1) is 0 Å². The number of unbranched alkanes of at least 4 members (excludes halogenated alkanes) is 10. The molecule has 0 bridgehead atoms. The first-order chi connectivity index (χ1) is 12.2. The molecular weight excluding hydrogens is 310 g/mol. The Morgan fingerprint density at radius 3 is 1.96 bits per heavy atom. The zero-order valence-corrected chi connectivity index (χ0v) is 16.5. The first kappa shape index (κ1) is 21.9. The fourth-order valence-corrected chi connectivity index (χ4v) is 3.71. The Morgan fingerprint density at radius 2 is 1.48 bits per heavy atom. The van der Waals surface area contributed by atoms with Crippen molar-refractivity contribution in [1.82, 2.24) is 5.32 Å². The van der Waals surface area contributed by atoms with E-state index in [1.165, 1.54) is 64.2 Å². The van der Waals surface area contributed by atoms with Gasteiger partial charge in [-0.05, 0) is 18.8 Å². The van der Waals surface area contributed by atoms with Gasteiger partial charge < -0.3 is 0 Å². The molecule has 0 radical (unpaired) electrons. The largest absolute Gasteiger partial charge is 0.296 e. The summed E-state index contributed by atoms with van der Waals surface area (Å²) < 4.78 is 0. The maximum atomic E-state index is 11.9. The molecule has 0 saturated carbocycles. The van der Waals surface area contributed by atoms with E-state index in [9.17, 15) is 9.59 Å². The Bertz CT molecular complexity index is 403. The van der Waals surface area contributed by atoms with E-state index >= 15 is 0 Å². The van der Waals surface area contributed by atoms with Crippen LogP contribution in [-0.2, 0) is 9.59 Å². The maximum absolute atomic E-state index is 11.9. The first-order valence-electron chi connectivity index (χ1n) is 10.7. The van der Waals surface area contributed by atoms with E-state index < -0.39 is 0 Å². The fourth-order valence-electron chi connectivity index (χ4n) is 3.71. The van der Waals surface area contributed by atoms with Gasteiger partial charge in [0.1, 0.15) is 0 Å². The van der Waals surface area contributed by atoms with Crippen LogP contribution in [0.15, 0.2) is 12.2 Å². The molecule has 3 nitrogen and oxygen atoms in total. The number of carbonyl (C=O) groups excluding carboxylic acids is 2. The van der Waals surface area contributed by atoms with E-state index in [1.54, 1.807) is 0 Å². The highest BCUT2D eigenvalue weighted by Gasteiger charge is 2.35. The van der Waals surface area contributed by atoms with Gasteiger partial charge in [-0.25, -0.2) is 0 Å². The topological polar surface area (TPSA) is 46.2 Å². The van der Waals surface area contributed by atoms with Crippen LogP contribution < -0.4 is 5.32 Å². The van der Waals surface area contributed by atoms with Crippen molar-refractivity contribution in [3.8, 4) is 0 Å². The van der Waals surface area contributed by atoms with Crippen LogP contribution in [-0.4, -0.2) is 11.8 Å². The number of hydrogen-bond donors (Lipinski definition) is 1. The third-order valence-electron chi connectivity index (χ3n) is 5.28. The second-order valence-corrected chi connectivity index (χ2v) is 7.55. The zero-order chi connectivity index (χ0) is 18.3. The summed E-state index contributed by atoms with van der Waals surface area (Å²) in [5, 5.41) is 2.45. The SMILES string of the molecule is CC/C=C/C(CCCCCCCCCCCCC)C1CC(=O)NC1=O. The molecule has 25 heavy (non-hydrogen) atoms. The number of imide groups is 1. The van der Waals surface area contributed by atoms with Gasteiger partial charge in [0.05, 0.1) is 5.92 Å². The van der Waals surface area contributed by atoms with Crippen LogP contribution in [0.3, 0.4) is 0 Å². The van der Waals surface area contributed by atoms with Gasteiger partial charge in [0.2, 0.25) is 11.8 Å². The Morgan fingerprint density at radius 1 is 0.920 bits per heavy atom. The number of hydrogen-bond acceptors (Lipinski definition) is 2. The molecule has 1 aliphatic heterocycles. The minimum Gasteiger partial charge on any atom is -0.296 e. The first-order valence-corrected chi connectivity index (χ1v) is 10.7. The second-order valence-electron chi connectivity index (χ2n) is 7.55. The van der Waals surface area contributed by atoms with E-state index in [1.807, 2.05) is 0 Å². The number of allylic oxidation sites excluding steroid dienone is 2. The van der Waals surface area contributed by atoms with Crippen LogP contribution in [0, 0.1) is 11.8 Å². The molecule has 1 heterocycles. The molecule has 2 unspecified atom stereocenters. The molecule has 0 aromatic carbocycles. The standard InChI is InChI=1S/C22H39NO2/c1-3-5-7-8-9-10-11-12-13-14-15-17-19(16-6-4-2)20-18-21(24)23-22(20)25/h6,16,19-20H,3-5,7-15,17-18H2,1-2H3,(H,23,24,25)/b16-6+. The summed E-state index contributed by atoms with van der Waals surface area (Å²) in [4.78, 5) is 23.4. The van der Waals surface area contributed by atoms with Gasteiger partial charge in [0.15, 0.2) is 0 Å². The van der Waals surface area contributed by atoms with Crippen LogP contribution in [0.1, 0.15) is 104 Å². The van der Waals surface area contributed by atoms with Gasteiger partial charge in [0, 0.05) is 6.42 Å². The number of rotatable bonds is 15. The number of nitrogens with one attached hydrogen (secondary N) is 1. The minimum atomic E-state index is -0.140. The molecule has 0 aromatic rings. The van der Waals surface area contributed by atoms with Gasteiger partial charge in [-0.3, -0.25) is 14.9 Å². The Labute approximate surface area is 155 Å². The van der Waals surface area contributed by atoms with Gasteiger partial charge in [-0.1, -0.05) is 96.6 Å². The summed E-state index contributed by atoms with van der Waals surface area (Å²) in [6.07, 6.45) is 21.4. The summed E-state index contributed by atoms with van der Waals surface area (Å²) in [6.45, 7) is 4.37. The van der Waals surface area contributed by atoms with Gasteiger partial charge in [0.25, 0.3) is 0 Å². The summed E-state index contributed by atoms with van der Waals surface area (Å²) in [5.41, 5.74) is 0. The second kappa shape index (κ2) is 14.1. The molecule has 3 heteroatoms. The lowest BCUT2D eigenvalue weighted by Crippen LogP contribution is -2.25. The summed E-state index contributed by atoms with van der Waals surface area (Å²) >= 11 is 0. The normalized spacial score (nSPS) is 18.9. The predicted molar refractivity (Wildman–Crippen MR) is 105 cm³/mol. The molecule has 144 valence electrons. The van der Waals surface area contributed by atoms with Gasteiger partial charge in [-0.2, -0.15) is 0 Å². The molecule has 0 spiro atoms. The summed E-state index contributed by atoms with van der Waals surface area (Å²) in [6, 6.07) is 0. The molecule has 0 aromatic heterocycles. The van der Waals surface area contributed by atoms with Crippen molar-refractivity contribution in [2.75, 3.05) is 0 Å². The number of amides is 2. The molecule has 0 aliphatic carbocycles. The quantitative estimate of drug-likeness (QED) is 0.226. The maximum Gasteiger partial charge on any atom is 0.230 e. The summed E-state index contributed by atoms with van der Waals surface area (Å²) in [7, 11) is 0. The average molecular weight is 350 g/mol. The molecule has 1 N–H and O–H groups in total. The predicted octanol–water partition coefficient (Wildman–Crippen LogP) is 5.93. The van der Waals surface area contributed by atoms with Crippen molar-refractivity contribution in [2.24, 2.45) is 11.8 Å². The van der Waals surface area contributed by atoms with Crippen molar-refractivity contribution in [2.45, 2.75) is 104 Å². The average Bonchev–Trinajstić information content (AvgIpc) is 2.93. The van der Waals surface area contributed by atoms with Crippen molar-refractivity contribution in [3.05, 3.63) is 12.2 Å². The lowest BCUT2D eigenvalue weighted by molar-refractivity contribution is -0.126. The monoisotopic (exact) mass is 349 g/mol. The van der Waals surface area contributed by atoms with E-state index in [0.29, 0.717) is 6.42 Å². The molecule has 2 atom stereocenters. The van der Waals surface area contributed by atoms with Crippen molar-refractivity contribution < 1.29 is 9.59 Å². The van der Waals surface area contributed by atoms with E-state index in [4.69, 9.17) is 0 Å². The zero-order valence-electron chi connectivity index (χ0n) is 16.5. The van der Waals surface area contributed by atoms with Crippen molar-refractivity contribution in [3.63, 3.8) is 0 Å². The third-order valence-corrected chi connectivity index (χ3v) is 5.28. The fraction of sp³-hybridized carbons (Fsp3) is 0.818. The Kier molecular flexibility index (Phi) is 12.4. The highest BCUT2D eigenvalue weighted by atomic mass is 16.2. The Hall–Kier alpha value is -1.12. The minimum absolute atomic E-state index is 0.0705. The van der Waals surface area contributed by atoms with Crippen LogP contribution in [0.2, 0.25) is 0 Å². The highest BCUT2D eigenvalue weighted by Crippen LogP contribution is 2.27. The molecule has 1 fully saturated rings. The van der Waals surface area contributed by atoms with E-state index in [2.05, 4.69) is 31.3 Å². The lowest BCUT2D eigenvalue weighted by atomic mass is 9.86. The highest BCUT2D eigenvalue weighted by molar-refractivity contribution is 6.03. The smallest absolute Gasteiger partial charge is 0.230 e. The number of carbonyl (C=O) groups is 2. The third kappa shape index (κ3) is 9.81. The molecule has 2 amide bonds. The van der Waals surface area contributed by atoms with E-state index in [0.717, 1.165) is 19.3 Å². The molecule has 1 rings (SSSR count). The lowest BCUT2D eigenvalue weighted by Gasteiger charge is -2.17. The summed E-state index contributed by atoms with van der Waals surface area (Å²) in [5.74, 6) is -0.0916. The van der Waals surface area contributed by atoms with Gasteiger partial charge >= 0.3 is 0 Å². The van der Waals surface area contributed by atoms with Crippen molar-refractivity contribution in [1.29, 1.82) is 0 Å². The molecular formula is C22H39NO2. The Balaban J connectivity index is 2.11. The molecule has 1 saturated heterocycles. The van der Waals surface area contributed by atoms with Crippen LogP contribution in [0.25, 0.3) is 0 Å². The van der Waals surface area contributed by atoms with Crippen LogP contribution >= 0.6 is 0 Å². The molecule has 1 aliphatic rings.